The molecule has 116 valence electrons. The van der Waals surface area contributed by atoms with Gasteiger partial charge in [-0.3, -0.25) is 0 Å². The predicted octanol–water partition coefficient (Wildman–Crippen LogP) is 2.83. The van der Waals surface area contributed by atoms with E-state index in [9.17, 15) is 0 Å². The van der Waals surface area contributed by atoms with Crippen LogP contribution in [0.2, 0.25) is 0 Å². The van der Waals surface area contributed by atoms with Crippen molar-refractivity contribution in [3.8, 4) is 5.75 Å². The van der Waals surface area contributed by atoms with Gasteiger partial charge in [0, 0.05) is 18.5 Å². The molecule has 1 aromatic carbocycles. The van der Waals surface area contributed by atoms with Crippen LogP contribution in [0.3, 0.4) is 0 Å². The van der Waals surface area contributed by atoms with E-state index in [4.69, 9.17) is 4.74 Å². The fourth-order valence-electron chi connectivity index (χ4n) is 3.50. The molecule has 0 atom stereocenters. The molecule has 3 nitrogen and oxygen atoms in total. The third-order valence-corrected chi connectivity index (χ3v) is 4.76. The number of nitrogens with zero attached hydrogens (tertiary/aromatic N) is 1. The van der Waals surface area contributed by atoms with Gasteiger partial charge in [-0.05, 0) is 64.9 Å². The largest absolute Gasteiger partial charge is 0.487 e. The van der Waals surface area contributed by atoms with Crippen molar-refractivity contribution in [2.45, 2.75) is 45.3 Å². The van der Waals surface area contributed by atoms with Gasteiger partial charge in [0.2, 0.25) is 0 Å². The van der Waals surface area contributed by atoms with Crippen LogP contribution in [0.15, 0.2) is 18.2 Å². The fourth-order valence-corrected chi connectivity index (χ4v) is 3.50. The number of piperidine rings is 1. The van der Waals surface area contributed by atoms with Crippen LogP contribution >= 0.6 is 0 Å². The molecule has 3 rings (SSSR count). The zero-order chi connectivity index (χ0) is 14.9. The van der Waals surface area contributed by atoms with Crippen molar-refractivity contribution in [1.29, 1.82) is 0 Å². The summed E-state index contributed by atoms with van der Waals surface area (Å²) in [6.45, 7) is 8.87. The number of hydrogen-bond donors (Lipinski definition) is 1. The highest BCUT2D eigenvalue weighted by Crippen LogP contribution is 2.37. The molecule has 1 fully saturated rings. The van der Waals surface area contributed by atoms with Crippen molar-refractivity contribution in [3.63, 3.8) is 0 Å². The highest BCUT2D eigenvalue weighted by atomic mass is 16.5. The second kappa shape index (κ2) is 5.98. The van der Waals surface area contributed by atoms with E-state index in [1.54, 1.807) is 0 Å². The van der Waals surface area contributed by atoms with Gasteiger partial charge in [0.1, 0.15) is 11.4 Å². The molecular weight excluding hydrogens is 260 g/mol. The Hall–Kier alpha value is -1.06. The molecule has 0 spiro atoms. The van der Waals surface area contributed by atoms with E-state index < -0.39 is 0 Å². The lowest BCUT2D eigenvalue weighted by molar-refractivity contribution is 0.137. The Bertz CT molecular complexity index is 490. The Kier molecular flexibility index (Phi) is 4.23. The standard InChI is InChI=1S/C18H28N2O/c1-18(2)11-15-5-4-6-16(17(15)21-18)13-19-12-14-7-9-20(3)10-8-14/h4-6,14,19H,7-13H2,1-3H3. The molecule has 0 unspecified atom stereocenters. The summed E-state index contributed by atoms with van der Waals surface area (Å²) in [5, 5.41) is 3.64. The molecule has 0 saturated carbocycles. The molecule has 2 aliphatic rings. The lowest BCUT2D eigenvalue weighted by Gasteiger charge is -2.29. The van der Waals surface area contributed by atoms with Gasteiger partial charge in [-0.15, -0.1) is 0 Å². The third kappa shape index (κ3) is 3.58. The second-order valence-corrected chi connectivity index (χ2v) is 7.32. The van der Waals surface area contributed by atoms with Gasteiger partial charge in [-0.2, -0.15) is 0 Å². The third-order valence-electron chi connectivity index (χ3n) is 4.76. The Morgan fingerprint density at radius 2 is 2.05 bits per heavy atom. The number of benzene rings is 1. The summed E-state index contributed by atoms with van der Waals surface area (Å²) in [5.41, 5.74) is 2.62. The van der Waals surface area contributed by atoms with Crippen LogP contribution in [0.25, 0.3) is 0 Å². The smallest absolute Gasteiger partial charge is 0.127 e. The molecule has 0 aliphatic carbocycles. The Morgan fingerprint density at radius 1 is 1.29 bits per heavy atom. The zero-order valence-electron chi connectivity index (χ0n) is 13.6. The summed E-state index contributed by atoms with van der Waals surface area (Å²) in [4.78, 5) is 2.43. The van der Waals surface area contributed by atoms with Gasteiger partial charge in [-0.1, -0.05) is 18.2 Å². The van der Waals surface area contributed by atoms with Crippen LogP contribution in [0.4, 0.5) is 0 Å². The molecule has 0 radical (unpaired) electrons. The molecule has 1 saturated heterocycles. The van der Waals surface area contributed by atoms with Crippen LogP contribution in [0, 0.1) is 5.92 Å². The summed E-state index contributed by atoms with van der Waals surface area (Å²) in [5.74, 6) is 1.95. The number of para-hydroxylation sites is 1. The summed E-state index contributed by atoms with van der Waals surface area (Å²) >= 11 is 0. The van der Waals surface area contributed by atoms with Crippen molar-refractivity contribution in [1.82, 2.24) is 10.2 Å². The quantitative estimate of drug-likeness (QED) is 0.922. The molecule has 1 aromatic rings. The molecule has 2 heterocycles. The van der Waals surface area contributed by atoms with Gasteiger partial charge in [0.25, 0.3) is 0 Å². The Morgan fingerprint density at radius 3 is 2.81 bits per heavy atom. The SMILES string of the molecule is CN1CCC(CNCc2cccc3c2OC(C)(C)C3)CC1. The van der Waals surface area contributed by atoms with Gasteiger partial charge in [0.05, 0.1) is 0 Å². The Balaban J connectivity index is 1.54. The molecule has 0 aromatic heterocycles. The van der Waals surface area contributed by atoms with Crippen molar-refractivity contribution >= 4 is 0 Å². The lowest BCUT2D eigenvalue weighted by Crippen LogP contribution is -2.34. The number of fused-ring (bicyclic) bond motifs is 1. The normalized spacial score (nSPS) is 22.0. The number of rotatable bonds is 4. The van der Waals surface area contributed by atoms with Crippen LogP contribution in [-0.4, -0.2) is 37.2 Å². The maximum atomic E-state index is 6.14. The van der Waals surface area contributed by atoms with Gasteiger partial charge >= 0.3 is 0 Å². The molecular formula is C18H28N2O. The van der Waals surface area contributed by atoms with Crippen LogP contribution in [0.5, 0.6) is 5.75 Å². The van der Waals surface area contributed by atoms with E-state index in [-0.39, 0.29) is 5.60 Å². The first-order chi connectivity index (χ1) is 10.0. The van der Waals surface area contributed by atoms with Crippen LogP contribution in [0.1, 0.15) is 37.8 Å². The van der Waals surface area contributed by atoms with Gasteiger partial charge in [-0.25, -0.2) is 0 Å². The van der Waals surface area contributed by atoms with Crippen molar-refractivity contribution in [2.24, 2.45) is 5.92 Å². The van der Waals surface area contributed by atoms with E-state index in [1.807, 2.05) is 0 Å². The first-order valence-corrected chi connectivity index (χ1v) is 8.22. The van der Waals surface area contributed by atoms with E-state index in [0.717, 1.165) is 31.2 Å². The van der Waals surface area contributed by atoms with E-state index in [1.165, 1.54) is 37.1 Å². The van der Waals surface area contributed by atoms with Gasteiger partial charge in [0.15, 0.2) is 0 Å². The number of likely N-dealkylation sites (tertiary alicyclic amines) is 1. The first kappa shape index (κ1) is 14.9. The van der Waals surface area contributed by atoms with E-state index in [0.29, 0.717) is 0 Å². The van der Waals surface area contributed by atoms with E-state index >= 15 is 0 Å². The topological polar surface area (TPSA) is 24.5 Å². The summed E-state index contributed by atoms with van der Waals surface area (Å²) in [6, 6.07) is 6.56. The van der Waals surface area contributed by atoms with Crippen molar-refractivity contribution in [3.05, 3.63) is 29.3 Å². The number of ether oxygens (including phenoxy) is 1. The van der Waals surface area contributed by atoms with Gasteiger partial charge < -0.3 is 15.0 Å². The molecule has 3 heteroatoms. The second-order valence-electron chi connectivity index (χ2n) is 7.32. The maximum Gasteiger partial charge on any atom is 0.127 e. The minimum Gasteiger partial charge on any atom is -0.487 e. The fraction of sp³-hybridized carbons (Fsp3) is 0.667. The highest BCUT2D eigenvalue weighted by Gasteiger charge is 2.31. The summed E-state index contributed by atoms with van der Waals surface area (Å²) < 4.78 is 6.14. The first-order valence-electron chi connectivity index (χ1n) is 8.22. The highest BCUT2D eigenvalue weighted by molar-refractivity contribution is 5.45. The van der Waals surface area contributed by atoms with Crippen LogP contribution < -0.4 is 10.1 Å². The lowest BCUT2D eigenvalue weighted by atomic mass is 9.97. The van der Waals surface area contributed by atoms with Crippen molar-refractivity contribution in [2.75, 3.05) is 26.7 Å². The average molecular weight is 288 g/mol. The summed E-state index contributed by atoms with van der Waals surface area (Å²) in [6.07, 6.45) is 3.66. The molecule has 1 N–H and O–H groups in total. The number of nitrogens with one attached hydrogen (secondary N) is 1. The van der Waals surface area contributed by atoms with E-state index in [2.05, 4.69) is 49.3 Å². The molecule has 0 amide bonds. The van der Waals surface area contributed by atoms with Crippen LogP contribution in [-0.2, 0) is 13.0 Å². The maximum absolute atomic E-state index is 6.14. The predicted molar refractivity (Wildman–Crippen MR) is 86.8 cm³/mol. The number of hydrogen-bond acceptors (Lipinski definition) is 3. The zero-order valence-corrected chi connectivity index (χ0v) is 13.6. The monoisotopic (exact) mass is 288 g/mol. The van der Waals surface area contributed by atoms with Crippen molar-refractivity contribution < 1.29 is 4.74 Å². The average Bonchev–Trinajstić information content (AvgIpc) is 2.76. The molecule has 2 aliphatic heterocycles. The summed E-state index contributed by atoms with van der Waals surface area (Å²) in [7, 11) is 2.22. The molecule has 21 heavy (non-hydrogen) atoms. The minimum absolute atomic E-state index is 0.0492. The Labute approximate surface area is 128 Å². The minimum atomic E-state index is -0.0492. The molecule has 0 bridgehead atoms.